The van der Waals surface area contributed by atoms with E-state index in [2.05, 4.69) is 4.90 Å². The highest BCUT2D eigenvalue weighted by Crippen LogP contribution is 2.39. The molecule has 0 atom stereocenters. The summed E-state index contributed by atoms with van der Waals surface area (Å²) in [5, 5.41) is 0.729. The Morgan fingerprint density at radius 1 is 1.26 bits per heavy atom. The molecule has 104 valence electrons. The van der Waals surface area contributed by atoms with Crippen LogP contribution >= 0.6 is 11.3 Å². The van der Waals surface area contributed by atoms with E-state index in [-0.39, 0.29) is 17.2 Å². The van der Waals surface area contributed by atoms with Crippen molar-refractivity contribution in [3.8, 4) is 0 Å². The molecule has 1 saturated heterocycles. The fraction of sp³-hybridized carbons (Fsp3) is 0.500. The number of hydrogen-bond donors (Lipinski definition) is 2. The number of amides is 2. The molecule has 0 spiro atoms. The highest BCUT2D eigenvalue weighted by atomic mass is 32.1. The van der Waals surface area contributed by atoms with Gasteiger partial charge in [0, 0.05) is 27.2 Å². The van der Waals surface area contributed by atoms with Gasteiger partial charge in [-0.05, 0) is 12.8 Å². The van der Waals surface area contributed by atoms with E-state index in [4.69, 9.17) is 11.5 Å². The molecule has 1 aliphatic heterocycles. The Morgan fingerprint density at radius 3 is 2.32 bits per heavy atom. The van der Waals surface area contributed by atoms with Crippen molar-refractivity contribution in [3.05, 3.63) is 10.4 Å². The zero-order chi connectivity index (χ0) is 14.2. The predicted molar refractivity (Wildman–Crippen MR) is 76.7 cm³/mol. The van der Waals surface area contributed by atoms with E-state index in [1.54, 1.807) is 14.1 Å². The van der Waals surface area contributed by atoms with Gasteiger partial charge in [0.25, 0.3) is 11.8 Å². The lowest BCUT2D eigenvalue weighted by Gasteiger charge is -2.16. The first-order valence-corrected chi connectivity index (χ1v) is 6.93. The Kier molecular flexibility index (Phi) is 3.66. The van der Waals surface area contributed by atoms with Crippen LogP contribution in [-0.2, 0) is 0 Å². The molecule has 0 unspecified atom stereocenters. The van der Waals surface area contributed by atoms with Gasteiger partial charge in [0.05, 0.1) is 11.3 Å². The average molecular weight is 282 g/mol. The molecule has 1 aromatic heterocycles. The second-order valence-electron chi connectivity index (χ2n) is 4.78. The second kappa shape index (κ2) is 5.08. The van der Waals surface area contributed by atoms with E-state index < -0.39 is 5.91 Å². The van der Waals surface area contributed by atoms with Gasteiger partial charge in [-0.15, -0.1) is 11.3 Å². The van der Waals surface area contributed by atoms with Crippen molar-refractivity contribution in [2.45, 2.75) is 12.8 Å². The summed E-state index contributed by atoms with van der Waals surface area (Å²) in [5.74, 6) is -0.774. The molecular weight excluding hydrogens is 264 g/mol. The number of carbonyl (C=O) groups is 2. The number of carbonyl (C=O) groups excluding carboxylic acids is 2. The Labute approximate surface area is 116 Å². The summed E-state index contributed by atoms with van der Waals surface area (Å²) >= 11 is 1.26. The number of nitrogen functional groups attached to an aromatic ring is 1. The molecule has 0 radical (unpaired) electrons. The van der Waals surface area contributed by atoms with Crippen molar-refractivity contribution < 1.29 is 9.59 Å². The second-order valence-corrected chi connectivity index (χ2v) is 5.78. The standard InChI is InChI=1S/C12H18N4O2S/c1-15(2)11(18)9-8(13)7(10(14)17)12(19-9)16-5-3-4-6-16/h3-6,13H2,1-2H3,(H2,14,17). The Bertz CT molecular complexity index is 518. The van der Waals surface area contributed by atoms with Gasteiger partial charge in [-0.2, -0.15) is 0 Å². The van der Waals surface area contributed by atoms with E-state index in [9.17, 15) is 9.59 Å². The fourth-order valence-corrected chi connectivity index (χ4v) is 3.47. The van der Waals surface area contributed by atoms with E-state index in [0.717, 1.165) is 30.9 Å². The van der Waals surface area contributed by atoms with Gasteiger partial charge in [-0.25, -0.2) is 0 Å². The zero-order valence-electron chi connectivity index (χ0n) is 11.1. The fourth-order valence-electron chi connectivity index (χ4n) is 2.17. The topological polar surface area (TPSA) is 92.7 Å². The molecule has 2 heterocycles. The van der Waals surface area contributed by atoms with Crippen molar-refractivity contribution in [2.75, 3.05) is 37.8 Å². The van der Waals surface area contributed by atoms with Crippen molar-refractivity contribution in [3.63, 3.8) is 0 Å². The summed E-state index contributed by atoms with van der Waals surface area (Å²) in [6.07, 6.45) is 2.15. The Balaban J connectivity index is 2.50. The SMILES string of the molecule is CN(C)C(=O)c1sc(N2CCCC2)c(C(N)=O)c1N. The van der Waals surface area contributed by atoms with Gasteiger partial charge in [0.15, 0.2) is 0 Å². The van der Waals surface area contributed by atoms with Crippen LogP contribution in [0.5, 0.6) is 0 Å². The maximum atomic E-state index is 12.1. The molecule has 0 saturated carbocycles. The summed E-state index contributed by atoms with van der Waals surface area (Å²) in [4.78, 5) is 27.6. The van der Waals surface area contributed by atoms with Gasteiger partial charge < -0.3 is 21.3 Å². The maximum absolute atomic E-state index is 12.1. The normalized spacial score (nSPS) is 14.7. The maximum Gasteiger partial charge on any atom is 0.265 e. The highest BCUT2D eigenvalue weighted by Gasteiger charge is 2.28. The minimum Gasteiger partial charge on any atom is -0.397 e. The summed E-state index contributed by atoms with van der Waals surface area (Å²) in [6, 6.07) is 0. The van der Waals surface area contributed by atoms with E-state index in [0.29, 0.717) is 4.88 Å². The molecule has 2 amide bonds. The molecule has 19 heavy (non-hydrogen) atoms. The number of hydrogen-bond acceptors (Lipinski definition) is 5. The summed E-state index contributed by atoms with van der Waals surface area (Å²) in [7, 11) is 3.31. The third-order valence-electron chi connectivity index (χ3n) is 3.17. The van der Waals surface area contributed by atoms with Gasteiger partial charge in [-0.3, -0.25) is 9.59 Å². The van der Waals surface area contributed by atoms with Crippen LogP contribution in [0.25, 0.3) is 0 Å². The molecule has 7 heteroatoms. The molecule has 1 aliphatic rings. The number of anilines is 2. The van der Waals surface area contributed by atoms with Crippen molar-refractivity contribution >= 4 is 33.8 Å². The van der Waals surface area contributed by atoms with Gasteiger partial charge in [0.1, 0.15) is 9.88 Å². The lowest BCUT2D eigenvalue weighted by molar-refractivity contribution is 0.0833. The van der Waals surface area contributed by atoms with Crippen LogP contribution in [0, 0.1) is 0 Å². The van der Waals surface area contributed by atoms with E-state index in [1.807, 2.05) is 0 Å². The number of rotatable bonds is 3. The van der Waals surface area contributed by atoms with Crippen molar-refractivity contribution in [1.82, 2.24) is 4.90 Å². The first kappa shape index (κ1) is 13.7. The summed E-state index contributed by atoms with van der Waals surface area (Å²) < 4.78 is 0. The number of nitrogens with two attached hydrogens (primary N) is 2. The molecule has 4 N–H and O–H groups in total. The van der Waals surface area contributed by atoms with E-state index >= 15 is 0 Å². The summed E-state index contributed by atoms with van der Waals surface area (Å²) in [6.45, 7) is 1.74. The molecule has 0 aromatic carbocycles. The third-order valence-corrected chi connectivity index (χ3v) is 4.42. The smallest absolute Gasteiger partial charge is 0.265 e. The van der Waals surface area contributed by atoms with Gasteiger partial charge >= 0.3 is 0 Å². The first-order chi connectivity index (χ1) is 8.93. The van der Waals surface area contributed by atoms with Crippen LogP contribution in [0.15, 0.2) is 0 Å². The molecular formula is C12H18N4O2S. The quantitative estimate of drug-likeness (QED) is 0.855. The zero-order valence-corrected chi connectivity index (χ0v) is 11.9. The van der Waals surface area contributed by atoms with Gasteiger partial charge in [-0.1, -0.05) is 0 Å². The number of thiophene rings is 1. The Hall–Kier alpha value is -1.76. The number of nitrogens with zero attached hydrogens (tertiary/aromatic N) is 2. The molecule has 0 bridgehead atoms. The predicted octanol–water partition coefficient (Wildman–Crippen LogP) is 0.731. The monoisotopic (exact) mass is 282 g/mol. The molecule has 1 fully saturated rings. The Morgan fingerprint density at radius 2 is 1.84 bits per heavy atom. The van der Waals surface area contributed by atoms with Crippen LogP contribution in [-0.4, -0.2) is 43.9 Å². The minimum atomic E-state index is -0.576. The van der Waals surface area contributed by atoms with Crippen LogP contribution < -0.4 is 16.4 Å². The lowest BCUT2D eigenvalue weighted by Crippen LogP contribution is -2.23. The van der Waals surface area contributed by atoms with Crippen molar-refractivity contribution in [1.29, 1.82) is 0 Å². The summed E-state index contributed by atoms with van der Waals surface area (Å²) in [5.41, 5.74) is 11.9. The van der Waals surface area contributed by atoms with Gasteiger partial charge in [0.2, 0.25) is 0 Å². The molecule has 0 aliphatic carbocycles. The largest absolute Gasteiger partial charge is 0.397 e. The van der Waals surface area contributed by atoms with Crippen LogP contribution in [0.1, 0.15) is 32.9 Å². The third kappa shape index (κ3) is 2.37. The van der Waals surface area contributed by atoms with Crippen LogP contribution in [0.2, 0.25) is 0 Å². The highest BCUT2D eigenvalue weighted by molar-refractivity contribution is 7.19. The lowest BCUT2D eigenvalue weighted by atomic mass is 10.2. The van der Waals surface area contributed by atoms with Crippen molar-refractivity contribution in [2.24, 2.45) is 5.73 Å². The molecule has 2 rings (SSSR count). The average Bonchev–Trinajstić information content (AvgIpc) is 2.94. The van der Waals surface area contributed by atoms with Crippen LogP contribution in [0.3, 0.4) is 0 Å². The molecule has 6 nitrogen and oxygen atoms in total. The minimum absolute atomic E-state index is 0.199. The number of primary amides is 1. The van der Waals surface area contributed by atoms with Crippen LogP contribution in [0.4, 0.5) is 10.7 Å². The van der Waals surface area contributed by atoms with E-state index in [1.165, 1.54) is 16.2 Å². The molecule has 1 aromatic rings. The first-order valence-electron chi connectivity index (χ1n) is 6.12.